The van der Waals surface area contributed by atoms with E-state index in [0.717, 1.165) is 23.8 Å². The molecule has 4 rings (SSSR count). The molecule has 1 fully saturated rings. The second kappa shape index (κ2) is 9.32. The van der Waals surface area contributed by atoms with Crippen LogP contribution in [0.2, 0.25) is 0 Å². The van der Waals surface area contributed by atoms with Gasteiger partial charge in [0, 0.05) is 28.6 Å². The second-order valence-electron chi connectivity index (χ2n) is 7.98. The Kier molecular flexibility index (Phi) is 6.64. The van der Waals surface area contributed by atoms with Crippen molar-refractivity contribution in [3.8, 4) is 0 Å². The van der Waals surface area contributed by atoms with E-state index in [-0.39, 0.29) is 16.6 Å². The van der Waals surface area contributed by atoms with Gasteiger partial charge in [0.05, 0.1) is 16.1 Å². The molecular weight excluding hydrogens is 515 g/mol. The van der Waals surface area contributed by atoms with Crippen LogP contribution in [0, 0.1) is 5.82 Å². The first-order chi connectivity index (χ1) is 15.7. The van der Waals surface area contributed by atoms with E-state index in [4.69, 9.17) is 0 Å². The average Bonchev–Trinajstić information content (AvgIpc) is 2.77. The first-order valence-electron chi connectivity index (χ1n) is 10.4. The SMILES string of the molecule is C[C@H]1CCCCN1S(=O)(=O)c1ccc2c(cnc(=O)n2CC(=O)Nc2ccc(Br)cc2F)c1. The van der Waals surface area contributed by atoms with Gasteiger partial charge in [-0.15, -0.1) is 0 Å². The van der Waals surface area contributed by atoms with Gasteiger partial charge in [0.25, 0.3) is 0 Å². The van der Waals surface area contributed by atoms with Crippen LogP contribution in [0.5, 0.6) is 0 Å². The molecule has 174 valence electrons. The normalized spacial score (nSPS) is 17.2. The maximum Gasteiger partial charge on any atom is 0.348 e. The van der Waals surface area contributed by atoms with Crippen LogP contribution in [-0.2, 0) is 21.4 Å². The van der Waals surface area contributed by atoms with Crippen molar-refractivity contribution < 1.29 is 17.6 Å². The third-order valence-corrected chi connectivity index (χ3v) is 8.19. The highest BCUT2D eigenvalue weighted by Crippen LogP contribution is 2.27. The fraction of sp³-hybridized carbons (Fsp3) is 0.318. The highest BCUT2D eigenvalue weighted by atomic mass is 79.9. The predicted molar refractivity (Wildman–Crippen MR) is 126 cm³/mol. The molecule has 2 heterocycles. The van der Waals surface area contributed by atoms with E-state index in [0.29, 0.717) is 21.9 Å². The standard InChI is InChI=1S/C22H22BrFN4O4S/c1-14-4-2-3-9-28(14)33(31,32)17-6-8-20-15(10-17)12-25-22(30)27(20)13-21(29)26-19-7-5-16(23)11-18(19)24/h5-8,10-12,14H,2-4,9,13H2,1H3,(H,26,29)/t14-/m0/s1. The molecule has 1 saturated heterocycles. The summed E-state index contributed by atoms with van der Waals surface area (Å²) in [5, 5.41) is 2.84. The lowest BCUT2D eigenvalue weighted by atomic mass is 10.1. The third-order valence-electron chi connectivity index (χ3n) is 5.69. The molecule has 0 unspecified atom stereocenters. The van der Waals surface area contributed by atoms with E-state index in [2.05, 4.69) is 26.2 Å². The molecule has 1 aromatic heterocycles. The van der Waals surface area contributed by atoms with Crippen LogP contribution in [0.3, 0.4) is 0 Å². The minimum Gasteiger partial charge on any atom is -0.322 e. The van der Waals surface area contributed by atoms with Gasteiger partial charge in [-0.1, -0.05) is 22.4 Å². The number of sulfonamides is 1. The topological polar surface area (TPSA) is 101 Å². The smallest absolute Gasteiger partial charge is 0.322 e. The number of hydrogen-bond acceptors (Lipinski definition) is 5. The van der Waals surface area contributed by atoms with Crippen LogP contribution in [0.1, 0.15) is 26.2 Å². The zero-order chi connectivity index (χ0) is 23.8. The molecule has 11 heteroatoms. The van der Waals surface area contributed by atoms with Gasteiger partial charge in [-0.2, -0.15) is 4.31 Å². The van der Waals surface area contributed by atoms with Crippen molar-refractivity contribution in [1.82, 2.24) is 13.9 Å². The number of hydrogen-bond donors (Lipinski definition) is 1. The molecule has 8 nitrogen and oxygen atoms in total. The fourth-order valence-corrected chi connectivity index (χ4v) is 6.05. The van der Waals surface area contributed by atoms with Crippen LogP contribution in [-0.4, -0.2) is 40.8 Å². The van der Waals surface area contributed by atoms with Gasteiger partial charge in [-0.05, 0) is 56.2 Å². The zero-order valence-electron chi connectivity index (χ0n) is 17.8. The Balaban J connectivity index is 1.64. The Morgan fingerprint density at radius 3 is 2.76 bits per heavy atom. The molecule has 1 amide bonds. The van der Waals surface area contributed by atoms with Crippen molar-refractivity contribution in [1.29, 1.82) is 0 Å². The quantitative estimate of drug-likeness (QED) is 0.537. The predicted octanol–water partition coefficient (Wildman–Crippen LogP) is 3.50. The largest absolute Gasteiger partial charge is 0.348 e. The summed E-state index contributed by atoms with van der Waals surface area (Å²) in [7, 11) is -3.70. The number of carbonyl (C=O) groups excluding carboxylic acids is 1. The number of nitrogens with one attached hydrogen (secondary N) is 1. The highest BCUT2D eigenvalue weighted by molar-refractivity contribution is 9.10. The summed E-state index contributed by atoms with van der Waals surface area (Å²) < 4.78 is 43.5. The van der Waals surface area contributed by atoms with Crippen molar-refractivity contribution in [2.24, 2.45) is 0 Å². The summed E-state index contributed by atoms with van der Waals surface area (Å²) in [6.07, 6.45) is 3.90. The molecule has 1 atom stereocenters. The Morgan fingerprint density at radius 1 is 1.24 bits per heavy atom. The Labute approximate surface area is 198 Å². The Morgan fingerprint density at radius 2 is 2.03 bits per heavy atom. The minimum atomic E-state index is -3.70. The summed E-state index contributed by atoms with van der Waals surface area (Å²) >= 11 is 3.15. The fourth-order valence-electron chi connectivity index (χ4n) is 3.98. The number of rotatable bonds is 5. The highest BCUT2D eigenvalue weighted by Gasteiger charge is 2.31. The van der Waals surface area contributed by atoms with E-state index in [1.807, 2.05) is 6.92 Å². The molecule has 33 heavy (non-hydrogen) atoms. The minimum absolute atomic E-state index is 0.0199. The second-order valence-corrected chi connectivity index (χ2v) is 10.8. The summed E-state index contributed by atoms with van der Waals surface area (Å²) in [6, 6.07) is 8.49. The zero-order valence-corrected chi connectivity index (χ0v) is 20.2. The number of carbonyl (C=O) groups is 1. The van der Waals surface area contributed by atoms with Gasteiger partial charge < -0.3 is 5.32 Å². The lowest BCUT2D eigenvalue weighted by Gasteiger charge is -2.32. The molecule has 1 aliphatic heterocycles. The first kappa shape index (κ1) is 23.5. The monoisotopic (exact) mass is 536 g/mol. The maximum absolute atomic E-state index is 14.0. The van der Waals surface area contributed by atoms with Crippen molar-refractivity contribution in [2.75, 3.05) is 11.9 Å². The van der Waals surface area contributed by atoms with Gasteiger partial charge in [-0.25, -0.2) is 22.6 Å². The van der Waals surface area contributed by atoms with E-state index in [1.54, 1.807) is 6.07 Å². The number of amides is 1. The van der Waals surface area contributed by atoms with Gasteiger partial charge in [0.2, 0.25) is 15.9 Å². The third kappa shape index (κ3) is 4.85. The van der Waals surface area contributed by atoms with Gasteiger partial charge >= 0.3 is 5.69 Å². The van der Waals surface area contributed by atoms with E-state index >= 15 is 0 Å². The molecule has 1 aliphatic rings. The molecule has 2 aromatic carbocycles. The lowest BCUT2D eigenvalue weighted by Crippen LogP contribution is -2.41. The van der Waals surface area contributed by atoms with Crippen LogP contribution in [0.25, 0.3) is 10.9 Å². The number of halogens is 2. The molecule has 3 aromatic rings. The van der Waals surface area contributed by atoms with Gasteiger partial charge in [0.1, 0.15) is 12.4 Å². The van der Waals surface area contributed by atoms with Crippen LogP contribution in [0.4, 0.5) is 10.1 Å². The van der Waals surface area contributed by atoms with Crippen molar-refractivity contribution in [3.63, 3.8) is 0 Å². The summed E-state index contributed by atoms with van der Waals surface area (Å²) in [5.41, 5.74) is -0.338. The molecular formula is C22H22BrFN4O4S. The Bertz CT molecular complexity index is 1390. The van der Waals surface area contributed by atoms with E-state index in [9.17, 15) is 22.4 Å². The van der Waals surface area contributed by atoms with Crippen LogP contribution < -0.4 is 11.0 Å². The van der Waals surface area contributed by atoms with Crippen molar-refractivity contribution in [3.05, 3.63) is 63.4 Å². The van der Waals surface area contributed by atoms with E-state index in [1.165, 1.54) is 40.8 Å². The van der Waals surface area contributed by atoms with Crippen LogP contribution >= 0.6 is 15.9 Å². The van der Waals surface area contributed by atoms with Crippen molar-refractivity contribution >= 4 is 48.5 Å². The first-order valence-corrected chi connectivity index (χ1v) is 12.7. The number of aromatic nitrogens is 2. The van der Waals surface area contributed by atoms with Gasteiger partial charge in [0.15, 0.2) is 0 Å². The molecule has 0 aliphatic carbocycles. The molecule has 1 N–H and O–H groups in total. The van der Waals surface area contributed by atoms with Crippen molar-refractivity contribution in [2.45, 2.75) is 43.7 Å². The lowest BCUT2D eigenvalue weighted by molar-refractivity contribution is -0.116. The number of fused-ring (bicyclic) bond motifs is 1. The molecule has 0 radical (unpaired) electrons. The van der Waals surface area contributed by atoms with E-state index < -0.39 is 34.0 Å². The molecule has 0 saturated carbocycles. The van der Waals surface area contributed by atoms with Crippen LogP contribution in [0.15, 0.2) is 56.8 Å². The van der Waals surface area contributed by atoms with Gasteiger partial charge in [-0.3, -0.25) is 9.36 Å². The summed E-state index contributed by atoms with van der Waals surface area (Å²) in [4.78, 5) is 28.8. The number of nitrogens with zero attached hydrogens (tertiary/aromatic N) is 3. The number of piperidine rings is 1. The maximum atomic E-state index is 14.0. The number of anilines is 1. The summed E-state index contributed by atoms with van der Waals surface area (Å²) in [5.74, 6) is -1.24. The average molecular weight is 537 g/mol. The molecule has 0 spiro atoms. The summed E-state index contributed by atoms with van der Waals surface area (Å²) in [6.45, 7) is 1.95. The molecule has 0 bridgehead atoms. The number of benzene rings is 2. The Hall–Kier alpha value is -2.63.